The van der Waals surface area contributed by atoms with Gasteiger partial charge in [-0.1, -0.05) is 0 Å². The molecule has 1 aliphatic carbocycles. The van der Waals surface area contributed by atoms with Crippen LogP contribution in [0.3, 0.4) is 0 Å². The molecule has 0 unspecified atom stereocenters. The molecule has 1 aromatic heterocycles. The summed E-state index contributed by atoms with van der Waals surface area (Å²) < 4.78 is 16.7. The highest BCUT2D eigenvalue weighted by Gasteiger charge is 2.28. The zero-order chi connectivity index (χ0) is 21.6. The van der Waals surface area contributed by atoms with Crippen LogP contribution in [0, 0.1) is 16.6 Å². The molecule has 2 heterocycles. The predicted octanol–water partition coefficient (Wildman–Crippen LogP) is 0.714. The Morgan fingerprint density at radius 3 is 2.43 bits per heavy atom. The Balaban J connectivity index is 1.67. The average molecular weight is 415 g/mol. The van der Waals surface area contributed by atoms with Crippen molar-refractivity contribution in [3.05, 3.63) is 39.9 Å². The van der Waals surface area contributed by atoms with Crippen molar-refractivity contribution in [2.75, 3.05) is 31.1 Å². The number of carbonyl (C=O) groups is 1. The third-order valence-electron chi connectivity index (χ3n) is 5.46. The third kappa shape index (κ3) is 3.53. The topological polar surface area (TPSA) is 152 Å². The van der Waals surface area contributed by atoms with Crippen LogP contribution < -0.4 is 21.4 Å². The minimum absolute atomic E-state index is 0.0184. The van der Waals surface area contributed by atoms with E-state index in [0.29, 0.717) is 37.4 Å². The number of hydrogen-bond donors (Lipinski definition) is 5. The molecule has 30 heavy (non-hydrogen) atoms. The molecule has 1 saturated heterocycles. The van der Waals surface area contributed by atoms with E-state index >= 15 is 0 Å². The van der Waals surface area contributed by atoms with Gasteiger partial charge in [0, 0.05) is 43.8 Å². The number of anilines is 1. The van der Waals surface area contributed by atoms with E-state index in [1.165, 1.54) is 6.20 Å². The molecule has 1 aromatic carbocycles. The van der Waals surface area contributed by atoms with Crippen molar-refractivity contribution in [1.29, 1.82) is 10.8 Å². The fourth-order valence-electron chi connectivity index (χ4n) is 3.79. The number of nitrogens with zero attached hydrogens (tertiary/aromatic N) is 3. The highest BCUT2D eigenvalue weighted by atomic mass is 19.1. The van der Waals surface area contributed by atoms with Gasteiger partial charge in [-0.25, -0.2) is 9.18 Å². The molecule has 158 valence electrons. The Bertz CT molecular complexity index is 1120. The highest BCUT2D eigenvalue weighted by Crippen LogP contribution is 2.38. The molecule has 0 radical (unpaired) electrons. The van der Waals surface area contributed by atoms with Gasteiger partial charge in [-0.3, -0.25) is 20.9 Å². The second kappa shape index (κ2) is 7.32. The number of piperazine rings is 1. The molecule has 6 N–H and O–H groups in total. The minimum atomic E-state index is -1.32. The molecule has 1 aliphatic heterocycles. The maximum Gasteiger partial charge on any atom is 0.341 e. The Labute approximate surface area is 170 Å². The molecule has 0 spiro atoms. The van der Waals surface area contributed by atoms with E-state index in [2.05, 4.69) is 5.32 Å². The summed E-state index contributed by atoms with van der Waals surface area (Å²) >= 11 is 0. The van der Waals surface area contributed by atoms with Gasteiger partial charge < -0.3 is 25.2 Å². The molecule has 2 fully saturated rings. The van der Waals surface area contributed by atoms with Crippen LogP contribution in [0.4, 0.5) is 10.1 Å². The first-order valence-corrected chi connectivity index (χ1v) is 9.57. The maximum absolute atomic E-state index is 14.9. The van der Waals surface area contributed by atoms with Crippen molar-refractivity contribution >= 4 is 34.5 Å². The molecule has 0 atom stereocenters. The smallest absolute Gasteiger partial charge is 0.341 e. The molecule has 11 heteroatoms. The first kappa shape index (κ1) is 19.7. The van der Waals surface area contributed by atoms with Gasteiger partial charge in [0.1, 0.15) is 11.4 Å². The average Bonchev–Trinajstić information content (AvgIpc) is 3.53. The lowest BCUT2D eigenvalue weighted by Crippen LogP contribution is -2.54. The van der Waals surface area contributed by atoms with E-state index < -0.39 is 17.2 Å². The lowest BCUT2D eigenvalue weighted by molar-refractivity contribution is 0.0695. The summed E-state index contributed by atoms with van der Waals surface area (Å²) in [5.41, 5.74) is 5.08. The van der Waals surface area contributed by atoms with Gasteiger partial charge in [-0.2, -0.15) is 0 Å². The van der Waals surface area contributed by atoms with Crippen LogP contribution in [0.5, 0.6) is 0 Å². The number of carboxylic acids is 1. The number of nitrogens with two attached hydrogens (primary N) is 1. The molecule has 2 aliphatic rings. The summed E-state index contributed by atoms with van der Waals surface area (Å²) in [5, 5.41) is 27.0. The second-order valence-electron chi connectivity index (χ2n) is 7.50. The van der Waals surface area contributed by atoms with Crippen molar-refractivity contribution in [3.63, 3.8) is 0 Å². The van der Waals surface area contributed by atoms with Gasteiger partial charge in [0.05, 0.1) is 11.2 Å². The van der Waals surface area contributed by atoms with Crippen LogP contribution in [-0.4, -0.2) is 58.6 Å². The summed E-state index contributed by atoms with van der Waals surface area (Å²) in [4.78, 5) is 27.6. The van der Waals surface area contributed by atoms with E-state index in [0.717, 1.165) is 18.9 Å². The first-order chi connectivity index (χ1) is 14.3. The normalized spacial score (nSPS) is 16.6. The number of guanidine groups is 2. The fourth-order valence-corrected chi connectivity index (χ4v) is 3.79. The molecular weight excluding hydrogens is 393 g/mol. The highest BCUT2D eigenvalue weighted by molar-refractivity contribution is 5.95. The van der Waals surface area contributed by atoms with Gasteiger partial charge in [0.25, 0.3) is 0 Å². The van der Waals surface area contributed by atoms with E-state index in [-0.39, 0.29) is 28.9 Å². The summed E-state index contributed by atoms with van der Waals surface area (Å²) in [6.07, 6.45) is 3.13. The quantitative estimate of drug-likeness (QED) is 0.366. The first-order valence-electron chi connectivity index (χ1n) is 9.57. The number of rotatable bonds is 3. The van der Waals surface area contributed by atoms with E-state index in [4.69, 9.17) is 16.6 Å². The third-order valence-corrected chi connectivity index (χ3v) is 5.46. The number of aromatic carboxylic acids is 1. The number of benzene rings is 1. The monoisotopic (exact) mass is 415 g/mol. The number of hydrogen-bond acceptors (Lipinski definition) is 5. The number of fused-ring (bicyclic) bond motifs is 1. The van der Waals surface area contributed by atoms with Gasteiger partial charge >= 0.3 is 5.97 Å². The van der Waals surface area contributed by atoms with Crippen molar-refractivity contribution < 1.29 is 14.3 Å². The lowest BCUT2D eigenvalue weighted by Gasteiger charge is -2.37. The molecule has 1 saturated carbocycles. The lowest BCUT2D eigenvalue weighted by atomic mass is 10.1. The molecule has 4 rings (SSSR count). The number of halogens is 1. The summed E-state index contributed by atoms with van der Waals surface area (Å²) in [5.74, 6) is -2.21. The van der Waals surface area contributed by atoms with Crippen molar-refractivity contribution in [3.8, 4) is 0 Å². The van der Waals surface area contributed by atoms with E-state index in [1.807, 2.05) is 4.90 Å². The van der Waals surface area contributed by atoms with Crippen LogP contribution in [0.25, 0.3) is 10.9 Å². The molecule has 0 bridgehead atoms. The molecular formula is C19H22FN7O3. The fraction of sp³-hybridized carbons (Fsp3) is 0.368. The van der Waals surface area contributed by atoms with Crippen molar-refractivity contribution in [2.24, 2.45) is 5.73 Å². The van der Waals surface area contributed by atoms with Crippen LogP contribution in [0.1, 0.15) is 29.2 Å². The number of pyridine rings is 1. The summed E-state index contributed by atoms with van der Waals surface area (Å²) in [7, 11) is 0. The number of nitrogens with one attached hydrogen (secondary N) is 3. The second-order valence-corrected chi connectivity index (χ2v) is 7.50. The molecule has 0 amide bonds. The standard InChI is InChI=1S/C19H22FN7O3/c20-13-7-11-14(27(10-1-2-10)9-12(16(11)28)17(29)30)8-15(13)25-3-5-26(6-4-25)19(23)24-18(21)22/h7-10H,1-6H2,(H,29,30)(H5,21,22,23,24). The Kier molecular flexibility index (Phi) is 4.80. The van der Waals surface area contributed by atoms with E-state index in [1.54, 1.807) is 15.5 Å². The van der Waals surface area contributed by atoms with Gasteiger partial charge in [0.15, 0.2) is 11.9 Å². The van der Waals surface area contributed by atoms with Crippen LogP contribution in [0.2, 0.25) is 0 Å². The van der Waals surface area contributed by atoms with Gasteiger partial charge in [-0.15, -0.1) is 0 Å². The SMILES string of the molecule is N=C(N)NC(=N)N1CCN(c2cc3c(cc2F)c(=O)c(C(=O)O)cn3C2CC2)CC1. The van der Waals surface area contributed by atoms with Crippen LogP contribution >= 0.6 is 0 Å². The summed E-state index contributed by atoms with van der Waals surface area (Å²) in [6.45, 7) is 1.74. The largest absolute Gasteiger partial charge is 0.477 e. The van der Waals surface area contributed by atoms with Crippen molar-refractivity contribution in [1.82, 2.24) is 14.8 Å². The predicted molar refractivity (Wildman–Crippen MR) is 110 cm³/mol. The van der Waals surface area contributed by atoms with Crippen LogP contribution in [0.15, 0.2) is 23.1 Å². The number of aromatic nitrogens is 1. The Morgan fingerprint density at radius 2 is 1.87 bits per heavy atom. The van der Waals surface area contributed by atoms with E-state index in [9.17, 15) is 19.1 Å². The zero-order valence-electron chi connectivity index (χ0n) is 16.1. The van der Waals surface area contributed by atoms with Gasteiger partial charge in [0.2, 0.25) is 5.43 Å². The Hall–Kier alpha value is -3.63. The Morgan fingerprint density at radius 1 is 1.20 bits per heavy atom. The molecule has 2 aromatic rings. The summed E-state index contributed by atoms with van der Waals surface area (Å²) in [6, 6.07) is 2.86. The van der Waals surface area contributed by atoms with Crippen LogP contribution in [-0.2, 0) is 0 Å². The maximum atomic E-state index is 14.9. The molecule has 10 nitrogen and oxygen atoms in total. The zero-order valence-corrected chi connectivity index (χ0v) is 16.1. The van der Waals surface area contributed by atoms with Crippen molar-refractivity contribution in [2.45, 2.75) is 18.9 Å². The number of carboxylic acid groups (broad SMARTS) is 1. The van der Waals surface area contributed by atoms with Gasteiger partial charge in [-0.05, 0) is 25.0 Å². The minimum Gasteiger partial charge on any atom is -0.477 e.